The maximum Gasteiger partial charge on any atom is 0.326 e. The molecule has 116 valence electrons. The standard InChI is InChI=1S/C14H18F2N2O3/c1-8(2)5-12(13(19)20)18-14(21)17-7-9-6-10(15)3-4-11(9)16/h3-4,6,8,12H,5,7H2,1-2H3,(H,19,20)(H2,17,18,21)/t12-/m0/s1. The van der Waals surface area contributed by atoms with E-state index in [1.54, 1.807) is 0 Å². The fourth-order valence-corrected chi connectivity index (χ4v) is 1.76. The van der Waals surface area contributed by atoms with Gasteiger partial charge in [0.05, 0.1) is 0 Å². The SMILES string of the molecule is CC(C)C[C@H](NC(=O)NCc1cc(F)ccc1F)C(=O)O. The van der Waals surface area contributed by atoms with Crippen LogP contribution < -0.4 is 10.6 Å². The van der Waals surface area contributed by atoms with Gasteiger partial charge in [-0.25, -0.2) is 18.4 Å². The number of hydrogen-bond donors (Lipinski definition) is 3. The molecule has 0 radical (unpaired) electrons. The van der Waals surface area contributed by atoms with E-state index >= 15 is 0 Å². The molecule has 2 amide bonds. The van der Waals surface area contributed by atoms with Crippen LogP contribution in [-0.2, 0) is 11.3 Å². The zero-order valence-corrected chi connectivity index (χ0v) is 11.8. The van der Waals surface area contributed by atoms with Gasteiger partial charge in [0.25, 0.3) is 0 Å². The van der Waals surface area contributed by atoms with Gasteiger partial charge >= 0.3 is 12.0 Å². The average molecular weight is 300 g/mol. The highest BCUT2D eigenvalue weighted by atomic mass is 19.1. The van der Waals surface area contributed by atoms with Crippen molar-refractivity contribution < 1.29 is 23.5 Å². The van der Waals surface area contributed by atoms with Crippen LogP contribution in [0.5, 0.6) is 0 Å². The number of urea groups is 1. The molecule has 1 aromatic rings. The first kappa shape index (κ1) is 16.9. The number of carboxylic acids is 1. The summed E-state index contributed by atoms with van der Waals surface area (Å²) >= 11 is 0. The maximum atomic E-state index is 13.4. The molecule has 0 aliphatic carbocycles. The highest BCUT2D eigenvalue weighted by molar-refractivity contribution is 5.82. The van der Waals surface area contributed by atoms with Gasteiger partial charge in [-0.15, -0.1) is 0 Å². The number of carbonyl (C=O) groups is 2. The molecule has 5 nitrogen and oxygen atoms in total. The van der Waals surface area contributed by atoms with Crippen molar-refractivity contribution in [2.45, 2.75) is 32.9 Å². The number of benzene rings is 1. The third-order valence-corrected chi connectivity index (χ3v) is 2.76. The Labute approximate surface area is 121 Å². The smallest absolute Gasteiger partial charge is 0.326 e. The molecule has 3 N–H and O–H groups in total. The van der Waals surface area contributed by atoms with Gasteiger partial charge in [0.1, 0.15) is 17.7 Å². The topological polar surface area (TPSA) is 78.4 Å². The Balaban J connectivity index is 2.56. The molecule has 0 aromatic heterocycles. The van der Waals surface area contributed by atoms with Gasteiger partial charge in [0, 0.05) is 12.1 Å². The Hall–Kier alpha value is -2.18. The Morgan fingerprint density at radius 2 is 1.95 bits per heavy atom. The van der Waals surface area contributed by atoms with Crippen LogP contribution in [0.25, 0.3) is 0 Å². The third-order valence-electron chi connectivity index (χ3n) is 2.76. The van der Waals surface area contributed by atoms with E-state index < -0.39 is 29.7 Å². The number of halogens is 2. The lowest BCUT2D eigenvalue weighted by molar-refractivity contribution is -0.139. The van der Waals surface area contributed by atoms with Crippen molar-refractivity contribution in [3.63, 3.8) is 0 Å². The van der Waals surface area contributed by atoms with E-state index in [0.29, 0.717) is 0 Å². The highest BCUT2D eigenvalue weighted by Crippen LogP contribution is 2.09. The van der Waals surface area contributed by atoms with Crippen molar-refractivity contribution in [3.05, 3.63) is 35.4 Å². The minimum Gasteiger partial charge on any atom is -0.480 e. The quantitative estimate of drug-likeness (QED) is 0.754. The van der Waals surface area contributed by atoms with Crippen molar-refractivity contribution in [2.24, 2.45) is 5.92 Å². The van der Waals surface area contributed by atoms with Crippen LogP contribution in [0.3, 0.4) is 0 Å². The summed E-state index contributed by atoms with van der Waals surface area (Å²) in [5, 5.41) is 13.6. The lowest BCUT2D eigenvalue weighted by Gasteiger charge is -2.17. The summed E-state index contributed by atoms with van der Waals surface area (Å²) in [4.78, 5) is 22.6. The molecule has 1 rings (SSSR count). The van der Waals surface area contributed by atoms with E-state index in [2.05, 4.69) is 10.6 Å². The molecule has 0 spiro atoms. The Morgan fingerprint density at radius 3 is 2.52 bits per heavy atom. The van der Waals surface area contributed by atoms with Crippen LogP contribution in [0.4, 0.5) is 13.6 Å². The molecular weight excluding hydrogens is 282 g/mol. The molecule has 21 heavy (non-hydrogen) atoms. The van der Waals surface area contributed by atoms with Gasteiger partial charge in [0.15, 0.2) is 0 Å². The fourth-order valence-electron chi connectivity index (χ4n) is 1.76. The molecule has 0 fully saturated rings. The van der Waals surface area contributed by atoms with Crippen LogP contribution in [0.2, 0.25) is 0 Å². The molecule has 0 bridgehead atoms. The molecule has 0 heterocycles. The molecule has 0 unspecified atom stereocenters. The van der Waals surface area contributed by atoms with Crippen LogP contribution >= 0.6 is 0 Å². The van der Waals surface area contributed by atoms with Gasteiger partial charge in [-0.1, -0.05) is 13.8 Å². The van der Waals surface area contributed by atoms with Crippen LogP contribution in [0, 0.1) is 17.6 Å². The van der Waals surface area contributed by atoms with Crippen molar-refractivity contribution in [2.75, 3.05) is 0 Å². The molecule has 7 heteroatoms. The predicted molar refractivity (Wildman–Crippen MR) is 72.6 cm³/mol. The van der Waals surface area contributed by atoms with Crippen molar-refractivity contribution >= 4 is 12.0 Å². The molecule has 0 aliphatic rings. The van der Waals surface area contributed by atoms with Crippen molar-refractivity contribution in [1.29, 1.82) is 0 Å². The van der Waals surface area contributed by atoms with E-state index in [1.165, 1.54) is 0 Å². The second kappa shape index (κ2) is 7.56. The molecular formula is C14H18F2N2O3. The number of hydrogen-bond acceptors (Lipinski definition) is 2. The Bertz CT molecular complexity index is 521. The fraction of sp³-hybridized carbons (Fsp3) is 0.429. The van der Waals surface area contributed by atoms with Crippen LogP contribution in [0.1, 0.15) is 25.8 Å². The number of carbonyl (C=O) groups excluding carboxylic acids is 1. The lowest BCUT2D eigenvalue weighted by atomic mass is 10.0. The van der Waals surface area contributed by atoms with Crippen molar-refractivity contribution in [3.8, 4) is 0 Å². The summed E-state index contributed by atoms with van der Waals surface area (Å²) in [6.07, 6.45) is 0.275. The Kier molecular flexibility index (Phi) is 6.08. The zero-order chi connectivity index (χ0) is 16.0. The number of carboxylic acid groups (broad SMARTS) is 1. The summed E-state index contributed by atoms with van der Waals surface area (Å²) in [7, 11) is 0. The third kappa shape index (κ3) is 5.76. The van der Waals surface area contributed by atoms with Gasteiger partial charge < -0.3 is 15.7 Å². The highest BCUT2D eigenvalue weighted by Gasteiger charge is 2.20. The first-order chi connectivity index (χ1) is 9.79. The minimum absolute atomic E-state index is 0.0131. The van der Waals surface area contributed by atoms with Gasteiger partial charge in [0.2, 0.25) is 0 Å². The number of nitrogens with one attached hydrogen (secondary N) is 2. The number of amides is 2. The summed E-state index contributed by atoms with van der Waals surface area (Å²) in [6, 6.07) is 1.14. The van der Waals surface area contributed by atoms with E-state index in [4.69, 9.17) is 5.11 Å². The van der Waals surface area contributed by atoms with Gasteiger partial charge in [-0.2, -0.15) is 0 Å². The van der Waals surface area contributed by atoms with E-state index in [9.17, 15) is 18.4 Å². The first-order valence-electron chi connectivity index (χ1n) is 6.50. The van der Waals surface area contributed by atoms with E-state index in [-0.39, 0.29) is 24.4 Å². The molecule has 0 saturated heterocycles. The lowest BCUT2D eigenvalue weighted by Crippen LogP contribution is -2.46. The monoisotopic (exact) mass is 300 g/mol. The summed E-state index contributed by atoms with van der Waals surface area (Å²) < 4.78 is 26.3. The minimum atomic E-state index is -1.14. The van der Waals surface area contributed by atoms with Gasteiger partial charge in [-0.05, 0) is 30.5 Å². The summed E-state index contributed by atoms with van der Waals surface area (Å²) in [6.45, 7) is 3.43. The van der Waals surface area contributed by atoms with E-state index in [1.807, 2.05) is 13.8 Å². The van der Waals surface area contributed by atoms with Gasteiger partial charge in [-0.3, -0.25) is 0 Å². The van der Waals surface area contributed by atoms with Crippen LogP contribution in [0.15, 0.2) is 18.2 Å². The molecule has 1 atom stereocenters. The predicted octanol–water partition coefficient (Wildman–Crippen LogP) is 2.26. The average Bonchev–Trinajstić information content (AvgIpc) is 2.38. The second-order valence-electron chi connectivity index (χ2n) is 5.08. The molecule has 1 aromatic carbocycles. The maximum absolute atomic E-state index is 13.4. The van der Waals surface area contributed by atoms with Crippen molar-refractivity contribution in [1.82, 2.24) is 10.6 Å². The molecule has 0 aliphatic heterocycles. The molecule has 0 saturated carbocycles. The summed E-state index contributed by atoms with van der Waals surface area (Å²) in [5.74, 6) is -2.31. The summed E-state index contributed by atoms with van der Waals surface area (Å²) in [5.41, 5.74) is -0.0131. The number of rotatable bonds is 6. The van der Waals surface area contributed by atoms with E-state index in [0.717, 1.165) is 18.2 Å². The Morgan fingerprint density at radius 1 is 1.29 bits per heavy atom. The zero-order valence-electron chi connectivity index (χ0n) is 11.8. The number of aliphatic carboxylic acids is 1. The first-order valence-corrected chi connectivity index (χ1v) is 6.50. The second-order valence-corrected chi connectivity index (χ2v) is 5.08. The largest absolute Gasteiger partial charge is 0.480 e. The normalized spacial score (nSPS) is 12.0. The van der Waals surface area contributed by atoms with Crippen LogP contribution in [-0.4, -0.2) is 23.1 Å².